The highest BCUT2D eigenvalue weighted by molar-refractivity contribution is 14.1. The summed E-state index contributed by atoms with van der Waals surface area (Å²) in [5, 5.41) is 4.31. The molecule has 1 saturated heterocycles. The van der Waals surface area contributed by atoms with Crippen LogP contribution in [0.2, 0.25) is 0 Å². The van der Waals surface area contributed by atoms with E-state index < -0.39 is 5.82 Å². The van der Waals surface area contributed by atoms with E-state index in [2.05, 4.69) is 48.5 Å². The highest BCUT2D eigenvalue weighted by atomic mass is 127. The Balaban J connectivity index is 1.66. The summed E-state index contributed by atoms with van der Waals surface area (Å²) in [4.78, 5) is 15.2. The van der Waals surface area contributed by atoms with E-state index in [9.17, 15) is 4.79 Å². The van der Waals surface area contributed by atoms with E-state index in [0.717, 1.165) is 11.3 Å². The van der Waals surface area contributed by atoms with Crippen molar-refractivity contribution >= 4 is 44.2 Å². The van der Waals surface area contributed by atoms with E-state index in [1.807, 2.05) is 31.6 Å². The molecule has 7 nitrogen and oxygen atoms in total. The van der Waals surface area contributed by atoms with Crippen LogP contribution in [0.1, 0.15) is 30.4 Å². The molecule has 3 aromatic rings. The Morgan fingerprint density at radius 1 is 1.35 bits per heavy atom. The third-order valence-electron chi connectivity index (χ3n) is 5.26. The number of anilines is 1. The van der Waals surface area contributed by atoms with Crippen molar-refractivity contribution in [3.05, 3.63) is 63.3 Å². The first-order chi connectivity index (χ1) is 14.6. The molecule has 1 unspecified atom stereocenters. The molecule has 1 aliphatic heterocycles. The van der Waals surface area contributed by atoms with Gasteiger partial charge in [-0.05, 0) is 48.8 Å². The Kier molecular flexibility index (Phi) is 6.32. The molecule has 10 heteroatoms. The van der Waals surface area contributed by atoms with Crippen LogP contribution in [0, 0.1) is 5.82 Å². The van der Waals surface area contributed by atoms with Gasteiger partial charge in [-0.2, -0.15) is 5.10 Å². The quantitative estimate of drug-likeness (QED) is 0.321. The predicted octanol–water partition coefficient (Wildman–Crippen LogP) is 4.35. The lowest BCUT2D eigenvalue weighted by Gasteiger charge is -2.39. The molecule has 2 aromatic heterocycles. The van der Waals surface area contributed by atoms with Crippen LogP contribution in [-0.2, 0) is 11.3 Å². The third kappa shape index (κ3) is 4.75. The lowest BCUT2D eigenvalue weighted by atomic mass is 10.1. The molecule has 1 aliphatic rings. The molecule has 1 aromatic carbocycles. The van der Waals surface area contributed by atoms with Crippen LogP contribution in [0.3, 0.4) is 0 Å². The normalized spacial score (nSPS) is 17.2. The van der Waals surface area contributed by atoms with Crippen molar-refractivity contribution in [1.82, 2.24) is 18.9 Å². The Bertz CT molecular complexity index is 1150. The maximum absolute atomic E-state index is 15.0. The first kappa shape index (κ1) is 22.5. The van der Waals surface area contributed by atoms with Gasteiger partial charge in [0.1, 0.15) is 4.05 Å². The number of morpholine rings is 1. The van der Waals surface area contributed by atoms with Crippen LogP contribution in [0.4, 0.5) is 10.1 Å². The number of benzene rings is 1. The van der Waals surface area contributed by atoms with Crippen LogP contribution >= 0.6 is 38.5 Å². The Hall–Kier alpha value is -1.66. The second-order valence-electron chi connectivity index (χ2n) is 8.27. The number of imidazole rings is 1. The van der Waals surface area contributed by atoms with E-state index in [1.165, 1.54) is 4.57 Å². The van der Waals surface area contributed by atoms with Gasteiger partial charge >= 0.3 is 5.69 Å². The van der Waals surface area contributed by atoms with Gasteiger partial charge in [0.2, 0.25) is 0 Å². The van der Waals surface area contributed by atoms with E-state index in [0.29, 0.717) is 30.7 Å². The zero-order valence-corrected chi connectivity index (χ0v) is 21.3. The smallest absolute Gasteiger partial charge is 0.333 e. The fraction of sp³-hybridized carbons (Fsp3) is 0.429. The van der Waals surface area contributed by atoms with Crippen molar-refractivity contribution in [3.8, 4) is 5.69 Å². The number of hydrogen-bond acceptors (Lipinski definition) is 4. The molecular weight excluding hydrogens is 580 g/mol. The van der Waals surface area contributed by atoms with E-state index in [-0.39, 0.29) is 21.0 Å². The molecule has 0 aliphatic carbocycles. The lowest BCUT2D eigenvalue weighted by molar-refractivity contribution is -0.0276. The number of hydrogen-bond donors (Lipinski definition) is 0. The standard InChI is InChI=1S/C21H24BrFIN5O2/c1-14(24)29-12-15(10-25-29)11-26-4-5-28(20(26)30)18-9-16(8-17(22)19(18)23)27-6-7-31-21(2,3)13-27/h4-5,8-10,12,14H,6-7,11,13H2,1-3H3. The Labute approximate surface area is 202 Å². The van der Waals surface area contributed by atoms with Gasteiger partial charge in [-0.1, -0.05) is 22.6 Å². The summed E-state index contributed by atoms with van der Waals surface area (Å²) in [7, 11) is 0. The first-order valence-electron chi connectivity index (χ1n) is 9.98. The molecule has 166 valence electrons. The molecule has 4 rings (SSSR count). The van der Waals surface area contributed by atoms with Crippen LogP contribution in [0.5, 0.6) is 0 Å². The maximum Gasteiger partial charge on any atom is 0.333 e. The number of ether oxygens (including phenoxy) is 1. The van der Waals surface area contributed by atoms with Crippen molar-refractivity contribution in [2.75, 3.05) is 24.6 Å². The van der Waals surface area contributed by atoms with Crippen molar-refractivity contribution < 1.29 is 9.13 Å². The lowest BCUT2D eigenvalue weighted by Crippen LogP contribution is -2.48. The van der Waals surface area contributed by atoms with E-state index >= 15 is 4.39 Å². The second kappa shape index (κ2) is 8.70. The van der Waals surface area contributed by atoms with Gasteiger partial charge in [0.15, 0.2) is 5.82 Å². The first-order valence-corrected chi connectivity index (χ1v) is 12.0. The summed E-state index contributed by atoms with van der Waals surface area (Å²) in [6.45, 7) is 8.44. The minimum atomic E-state index is -0.470. The zero-order valence-electron chi connectivity index (χ0n) is 17.6. The molecule has 0 N–H and O–H groups in total. The minimum absolute atomic E-state index is 0.215. The highest BCUT2D eigenvalue weighted by Crippen LogP contribution is 2.31. The van der Waals surface area contributed by atoms with Crippen molar-refractivity contribution in [1.29, 1.82) is 0 Å². The second-order valence-corrected chi connectivity index (χ2v) is 10.9. The molecule has 1 fully saturated rings. The van der Waals surface area contributed by atoms with E-state index in [1.54, 1.807) is 35.3 Å². The zero-order chi connectivity index (χ0) is 22.3. The number of halogens is 3. The van der Waals surface area contributed by atoms with Crippen molar-refractivity contribution in [3.63, 3.8) is 0 Å². The fourth-order valence-corrected chi connectivity index (χ4v) is 4.46. The third-order valence-corrected chi connectivity index (χ3v) is 6.41. The topological polar surface area (TPSA) is 57.2 Å². The molecule has 0 spiro atoms. The van der Waals surface area contributed by atoms with Crippen LogP contribution in [0.25, 0.3) is 5.69 Å². The summed E-state index contributed by atoms with van der Waals surface area (Å²) < 4.78 is 26.1. The molecular formula is C21H24BrFIN5O2. The van der Waals surface area contributed by atoms with Crippen molar-refractivity contribution in [2.24, 2.45) is 0 Å². The van der Waals surface area contributed by atoms with Crippen molar-refractivity contribution in [2.45, 2.75) is 37.0 Å². The fourth-order valence-electron chi connectivity index (χ4n) is 3.72. The molecule has 0 amide bonds. The average Bonchev–Trinajstić information content (AvgIpc) is 3.31. The maximum atomic E-state index is 15.0. The van der Waals surface area contributed by atoms with Gasteiger partial charge in [-0.3, -0.25) is 13.8 Å². The minimum Gasteiger partial charge on any atom is -0.372 e. The van der Waals surface area contributed by atoms with Gasteiger partial charge < -0.3 is 9.64 Å². The van der Waals surface area contributed by atoms with Gasteiger partial charge in [0, 0.05) is 42.9 Å². The predicted molar refractivity (Wildman–Crippen MR) is 130 cm³/mol. The monoisotopic (exact) mass is 603 g/mol. The van der Waals surface area contributed by atoms with Gasteiger partial charge in [-0.25, -0.2) is 9.18 Å². The number of nitrogens with zero attached hydrogens (tertiary/aromatic N) is 5. The molecule has 0 bridgehead atoms. The Morgan fingerprint density at radius 2 is 2.13 bits per heavy atom. The van der Waals surface area contributed by atoms with Crippen LogP contribution < -0.4 is 10.6 Å². The number of rotatable bonds is 5. The highest BCUT2D eigenvalue weighted by Gasteiger charge is 2.28. The largest absolute Gasteiger partial charge is 0.372 e. The van der Waals surface area contributed by atoms with Gasteiger partial charge in [0.05, 0.1) is 35.1 Å². The summed E-state index contributed by atoms with van der Waals surface area (Å²) >= 11 is 5.59. The number of alkyl halides is 1. The summed E-state index contributed by atoms with van der Waals surface area (Å²) in [6, 6.07) is 3.48. The van der Waals surface area contributed by atoms with Gasteiger partial charge in [0.25, 0.3) is 0 Å². The summed E-state index contributed by atoms with van der Waals surface area (Å²) in [5.41, 5.74) is 1.37. The number of aromatic nitrogens is 4. The van der Waals surface area contributed by atoms with E-state index in [4.69, 9.17) is 4.74 Å². The average molecular weight is 604 g/mol. The van der Waals surface area contributed by atoms with Crippen LogP contribution in [0.15, 0.2) is 46.2 Å². The van der Waals surface area contributed by atoms with Gasteiger partial charge in [-0.15, -0.1) is 0 Å². The molecule has 31 heavy (non-hydrogen) atoms. The summed E-state index contributed by atoms with van der Waals surface area (Å²) in [6.07, 6.45) is 6.94. The molecule has 1 atom stereocenters. The molecule has 0 saturated carbocycles. The Morgan fingerprint density at radius 3 is 2.81 bits per heavy atom. The SMILES string of the molecule is CC(I)n1cc(Cn2ccn(-c3cc(N4CCOC(C)(C)C4)cc(Br)c3F)c2=O)cn1. The molecule has 3 heterocycles. The van der Waals surface area contributed by atoms with Crippen LogP contribution in [-0.4, -0.2) is 44.2 Å². The summed E-state index contributed by atoms with van der Waals surface area (Å²) in [5.74, 6) is -0.470. The molecule has 0 radical (unpaired) electrons.